The predicted octanol–water partition coefficient (Wildman–Crippen LogP) is 6.28. The zero-order valence-electron chi connectivity index (χ0n) is 21.5. The number of ether oxygens (including phenoxy) is 3. The summed E-state index contributed by atoms with van der Waals surface area (Å²) in [5.41, 5.74) is 2.26. The molecule has 0 radical (unpaired) electrons. The minimum atomic E-state index is -0.618. The van der Waals surface area contributed by atoms with Crippen molar-refractivity contribution in [1.82, 2.24) is 9.55 Å². The molecule has 2 aromatic carbocycles. The molecule has 0 unspecified atom stereocenters. The van der Waals surface area contributed by atoms with E-state index in [1.54, 1.807) is 18.3 Å². The van der Waals surface area contributed by atoms with Gasteiger partial charge in [-0.25, -0.2) is 9.78 Å². The van der Waals surface area contributed by atoms with Crippen molar-refractivity contribution < 1.29 is 23.8 Å². The number of nitrogens with zero attached hydrogens (tertiary/aromatic N) is 2. The second kappa shape index (κ2) is 9.23. The van der Waals surface area contributed by atoms with Gasteiger partial charge in [0.15, 0.2) is 23.2 Å². The Hall–Kier alpha value is -3.85. The molecule has 0 fully saturated rings. The summed E-state index contributed by atoms with van der Waals surface area (Å²) >= 11 is 1.35. The smallest absolute Gasteiger partial charge is 0.418 e. The molecule has 3 heterocycles. The number of carbonyl (C=O) groups is 2. The lowest BCUT2D eigenvalue weighted by atomic mass is 10.0. The first-order chi connectivity index (χ1) is 17.5. The minimum Gasteiger partial charge on any atom is -0.483 e. The molecule has 5 rings (SSSR count). The second-order valence-electron chi connectivity index (χ2n) is 10.5. The van der Waals surface area contributed by atoms with Crippen molar-refractivity contribution in [3.63, 3.8) is 0 Å². The van der Waals surface area contributed by atoms with E-state index in [1.165, 1.54) is 15.9 Å². The molecule has 192 valence electrons. The van der Waals surface area contributed by atoms with Gasteiger partial charge in [-0.2, -0.15) is 0 Å². The summed E-state index contributed by atoms with van der Waals surface area (Å²) in [6, 6.07) is 15.1. The van der Waals surface area contributed by atoms with Crippen LogP contribution in [0.15, 0.2) is 54.7 Å². The molecule has 37 heavy (non-hydrogen) atoms. The lowest BCUT2D eigenvalue weighted by Gasteiger charge is -2.20. The van der Waals surface area contributed by atoms with E-state index in [1.807, 2.05) is 71.0 Å². The van der Waals surface area contributed by atoms with E-state index >= 15 is 0 Å². The van der Waals surface area contributed by atoms with Gasteiger partial charge in [-0.15, -0.1) is 0 Å². The molecular formula is C28H29N3O5S. The van der Waals surface area contributed by atoms with Crippen LogP contribution in [0.5, 0.6) is 11.5 Å². The molecular weight excluding hydrogens is 490 g/mol. The lowest BCUT2D eigenvalue weighted by Crippen LogP contribution is -2.27. The first-order valence-corrected chi connectivity index (χ1v) is 12.8. The monoisotopic (exact) mass is 519 g/mol. The highest BCUT2D eigenvalue weighted by Gasteiger charge is 2.32. The lowest BCUT2D eigenvalue weighted by molar-refractivity contribution is -0.118. The Balaban J connectivity index is 1.32. The molecule has 1 N–H and O–H groups in total. The molecule has 0 saturated carbocycles. The van der Waals surface area contributed by atoms with Crippen LogP contribution in [0.1, 0.15) is 40.2 Å². The highest BCUT2D eigenvalue weighted by Crippen LogP contribution is 2.41. The van der Waals surface area contributed by atoms with Crippen molar-refractivity contribution in [3.05, 3.63) is 60.3 Å². The van der Waals surface area contributed by atoms with E-state index < -0.39 is 11.7 Å². The Bertz CT molecular complexity index is 1500. The fourth-order valence-electron chi connectivity index (χ4n) is 4.28. The topological polar surface area (TPSA) is 91.7 Å². The number of aromatic nitrogens is 2. The summed E-state index contributed by atoms with van der Waals surface area (Å²) in [5, 5.41) is 3.28. The Morgan fingerprint density at radius 2 is 1.92 bits per heavy atom. The number of carbonyl (C=O) groups excluding carboxylic acids is 2. The molecule has 1 aliphatic rings. The van der Waals surface area contributed by atoms with Crippen molar-refractivity contribution in [3.8, 4) is 22.8 Å². The van der Waals surface area contributed by atoms with E-state index in [4.69, 9.17) is 14.2 Å². The number of benzene rings is 2. The van der Waals surface area contributed by atoms with E-state index in [0.717, 1.165) is 22.2 Å². The number of para-hydroxylation sites is 2. The summed E-state index contributed by atoms with van der Waals surface area (Å²) in [4.78, 5) is 30.1. The summed E-state index contributed by atoms with van der Waals surface area (Å²) in [5.74, 6) is 0.915. The van der Waals surface area contributed by atoms with Gasteiger partial charge in [0, 0.05) is 23.7 Å². The van der Waals surface area contributed by atoms with Crippen LogP contribution in [-0.4, -0.2) is 39.4 Å². The van der Waals surface area contributed by atoms with E-state index in [9.17, 15) is 9.59 Å². The van der Waals surface area contributed by atoms with Gasteiger partial charge in [0.1, 0.15) is 11.2 Å². The van der Waals surface area contributed by atoms with E-state index in [0.29, 0.717) is 27.8 Å². The number of thiazole rings is 1. The predicted molar refractivity (Wildman–Crippen MR) is 144 cm³/mol. The molecule has 2 aromatic heterocycles. The highest BCUT2D eigenvalue weighted by molar-refractivity contribution is 7.22. The third kappa shape index (κ3) is 5.32. The van der Waals surface area contributed by atoms with Gasteiger partial charge in [-0.1, -0.05) is 35.6 Å². The molecule has 0 spiro atoms. The van der Waals surface area contributed by atoms with Gasteiger partial charge in [-0.3, -0.25) is 14.7 Å². The molecule has 0 atom stereocenters. The van der Waals surface area contributed by atoms with Gasteiger partial charge in [0.25, 0.3) is 5.91 Å². The van der Waals surface area contributed by atoms with Crippen LogP contribution in [0.2, 0.25) is 0 Å². The normalized spacial score (nSPS) is 14.2. The number of nitrogens with one attached hydrogen (secondary N) is 1. The standard InChI is InChI=1S/C28H29N3O5S/c1-27(2,3)36-26(33)31-14-8-11-19(31)18-10-7-13-21-23(18)30-25(37-21)29-22(32)16-34-20-12-6-9-17-15-28(4,5)35-24(17)20/h6-14H,15-16H2,1-5H3,(H,29,30,32). The zero-order valence-corrected chi connectivity index (χ0v) is 22.3. The van der Waals surface area contributed by atoms with Gasteiger partial charge in [0.05, 0.1) is 15.9 Å². The average Bonchev–Trinajstić information content (AvgIpc) is 3.51. The van der Waals surface area contributed by atoms with Crippen molar-refractivity contribution in [2.75, 3.05) is 11.9 Å². The van der Waals surface area contributed by atoms with Gasteiger partial charge in [0.2, 0.25) is 0 Å². The first-order valence-electron chi connectivity index (χ1n) is 12.0. The van der Waals surface area contributed by atoms with Crippen LogP contribution in [0.3, 0.4) is 0 Å². The third-order valence-electron chi connectivity index (χ3n) is 5.69. The minimum absolute atomic E-state index is 0.176. The average molecular weight is 520 g/mol. The fraction of sp³-hybridized carbons (Fsp3) is 0.321. The number of hydrogen-bond donors (Lipinski definition) is 1. The molecule has 1 amide bonds. The second-order valence-corrected chi connectivity index (χ2v) is 11.6. The third-order valence-corrected chi connectivity index (χ3v) is 6.63. The fourth-order valence-corrected chi connectivity index (χ4v) is 5.19. The Morgan fingerprint density at radius 3 is 2.70 bits per heavy atom. The molecule has 0 aliphatic carbocycles. The van der Waals surface area contributed by atoms with Crippen LogP contribution in [0.4, 0.5) is 9.93 Å². The Labute approximate surface area is 219 Å². The van der Waals surface area contributed by atoms with Gasteiger partial charge < -0.3 is 14.2 Å². The maximum Gasteiger partial charge on any atom is 0.418 e. The van der Waals surface area contributed by atoms with Crippen molar-refractivity contribution in [1.29, 1.82) is 0 Å². The zero-order chi connectivity index (χ0) is 26.4. The highest BCUT2D eigenvalue weighted by atomic mass is 32.1. The number of fused-ring (bicyclic) bond motifs is 2. The Kier molecular flexibility index (Phi) is 6.19. The number of hydrogen-bond acceptors (Lipinski definition) is 7. The molecule has 8 nitrogen and oxygen atoms in total. The summed E-state index contributed by atoms with van der Waals surface area (Å²) in [6.07, 6.45) is 1.99. The summed E-state index contributed by atoms with van der Waals surface area (Å²) in [7, 11) is 0. The quantitative estimate of drug-likeness (QED) is 0.334. The van der Waals surface area contributed by atoms with Crippen molar-refractivity contribution in [2.24, 2.45) is 0 Å². The van der Waals surface area contributed by atoms with Gasteiger partial charge in [-0.05, 0) is 58.9 Å². The van der Waals surface area contributed by atoms with Crippen LogP contribution in [0, 0.1) is 0 Å². The molecule has 0 saturated heterocycles. The van der Waals surface area contributed by atoms with Crippen LogP contribution in [-0.2, 0) is 16.0 Å². The summed E-state index contributed by atoms with van der Waals surface area (Å²) in [6.45, 7) is 9.35. The van der Waals surface area contributed by atoms with E-state index in [-0.39, 0.29) is 18.1 Å². The molecule has 0 bridgehead atoms. The number of anilines is 1. The van der Waals surface area contributed by atoms with Crippen LogP contribution in [0.25, 0.3) is 21.5 Å². The Morgan fingerprint density at radius 1 is 1.14 bits per heavy atom. The number of rotatable bonds is 5. The maximum atomic E-state index is 12.7. The van der Waals surface area contributed by atoms with Crippen molar-refractivity contribution in [2.45, 2.75) is 52.2 Å². The number of amides is 1. The van der Waals surface area contributed by atoms with Crippen LogP contribution >= 0.6 is 11.3 Å². The first kappa shape index (κ1) is 24.8. The maximum absolute atomic E-state index is 12.7. The molecule has 4 aromatic rings. The van der Waals surface area contributed by atoms with Gasteiger partial charge >= 0.3 is 6.09 Å². The van der Waals surface area contributed by atoms with Crippen LogP contribution < -0.4 is 14.8 Å². The molecule has 9 heteroatoms. The van der Waals surface area contributed by atoms with Crippen molar-refractivity contribution >= 4 is 38.7 Å². The summed E-state index contributed by atoms with van der Waals surface area (Å²) < 4.78 is 19.7. The SMILES string of the molecule is CC(C)(C)OC(=O)n1cccc1-c1cccc2sc(NC(=O)COc3cccc4c3OC(C)(C)C4)nc12. The molecule has 1 aliphatic heterocycles. The van der Waals surface area contributed by atoms with E-state index in [2.05, 4.69) is 10.3 Å². The largest absolute Gasteiger partial charge is 0.483 e.